The molecule has 2 rings (SSSR count). The fourth-order valence-corrected chi connectivity index (χ4v) is 4.59. The van der Waals surface area contributed by atoms with Gasteiger partial charge in [0, 0.05) is 32.7 Å². The molecule has 0 atom stereocenters. The van der Waals surface area contributed by atoms with Gasteiger partial charge in [0.2, 0.25) is 15.9 Å². The Labute approximate surface area is 158 Å². The van der Waals surface area contributed by atoms with Crippen LogP contribution in [0.3, 0.4) is 0 Å². The van der Waals surface area contributed by atoms with E-state index in [2.05, 4.69) is 10.1 Å². The van der Waals surface area contributed by atoms with E-state index in [-0.39, 0.29) is 41.0 Å². The Balaban J connectivity index is 2.12. The number of hydrogen-bond donors (Lipinski definition) is 1. The molecule has 26 heavy (non-hydrogen) atoms. The standard InChI is InChI=1S/C16H22ClN3O5S/c1-3-18-15(21)11-19-6-8-20(9-7-19)26(23,24)14-10-12(16(22)25-2)4-5-13(14)17/h4-5,10H,3,6-9,11H2,1-2H3,(H,18,21). The first-order valence-electron chi connectivity index (χ1n) is 8.16. The van der Waals surface area contributed by atoms with Gasteiger partial charge in [0.05, 0.1) is 24.2 Å². The molecule has 0 spiro atoms. The van der Waals surface area contributed by atoms with Crippen LogP contribution < -0.4 is 5.32 Å². The van der Waals surface area contributed by atoms with Crippen LogP contribution in [0.15, 0.2) is 23.1 Å². The summed E-state index contributed by atoms with van der Waals surface area (Å²) < 4.78 is 31.7. The third-order valence-corrected chi connectivity index (χ3v) is 6.42. The van der Waals surface area contributed by atoms with Crippen LogP contribution in [0.25, 0.3) is 0 Å². The number of esters is 1. The lowest BCUT2D eigenvalue weighted by Crippen LogP contribution is -2.51. The van der Waals surface area contributed by atoms with Gasteiger partial charge in [0.15, 0.2) is 0 Å². The van der Waals surface area contributed by atoms with Crippen LogP contribution >= 0.6 is 11.6 Å². The van der Waals surface area contributed by atoms with Crippen molar-refractivity contribution in [3.63, 3.8) is 0 Å². The Kier molecular flexibility index (Phi) is 6.99. The summed E-state index contributed by atoms with van der Waals surface area (Å²) >= 11 is 6.06. The number of rotatable bonds is 6. The minimum Gasteiger partial charge on any atom is -0.465 e. The molecule has 1 amide bonds. The molecule has 8 nitrogen and oxygen atoms in total. The third-order valence-electron chi connectivity index (χ3n) is 4.04. The van der Waals surface area contributed by atoms with Crippen molar-refractivity contribution in [2.45, 2.75) is 11.8 Å². The van der Waals surface area contributed by atoms with Gasteiger partial charge in [-0.1, -0.05) is 11.6 Å². The van der Waals surface area contributed by atoms with Gasteiger partial charge in [-0.15, -0.1) is 0 Å². The molecule has 0 saturated carbocycles. The van der Waals surface area contributed by atoms with Crippen molar-refractivity contribution in [1.82, 2.24) is 14.5 Å². The molecule has 1 aliphatic heterocycles. The van der Waals surface area contributed by atoms with E-state index in [1.54, 1.807) is 0 Å². The normalized spacial score (nSPS) is 16.3. The van der Waals surface area contributed by atoms with Crippen molar-refractivity contribution in [3.8, 4) is 0 Å². The van der Waals surface area contributed by atoms with E-state index in [0.717, 1.165) is 0 Å². The number of likely N-dealkylation sites (N-methyl/N-ethyl adjacent to an activating group) is 1. The molecule has 0 bridgehead atoms. The zero-order chi connectivity index (χ0) is 19.3. The number of nitrogens with zero attached hydrogens (tertiary/aromatic N) is 2. The topological polar surface area (TPSA) is 96.0 Å². The fraction of sp³-hybridized carbons (Fsp3) is 0.500. The number of methoxy groups -OCH3 is 1. The third kappa shape index (κ3) is 4.73. The number of piperazine rings is 1. The molecule has 1 aliphatic rings. The van der Waals surface area contributed by atoms with Crippen molar-refractivity contribution in [1.29, 1.82) is 0 Å². The van der Waals surface area contributed by atoms with Gasteiger partial charge in [0.1, 0.15) is 4.90 Å². The number of carbonyl (C=O) groups excluding carboxylic acids is 2. The second kappa shape index (κ2) is 8.81. The maximum absolute atomic E-state index is 12.9. The molecule has 10 heteroatoms. The van der Waals surface area contributed by atoms with Crippen LogP contribution in [0.1, 0.15) is 17.3 Å². The average molecular weight is 404 g/mol. The van der Waals surface area contributed by atoms with E-state index >= 15 is 0 Å². The second-order valence-corrected chi connectivity index (χ2v) is 8.08. The van der Waals surface area contributed by atoms with Crippen molar-refractivity contribution in [3.05, 3.63) is 28.8 Å². The number of ether oxygens (including phenoxy) is 1. The van der Waals surface area contributed by atoms with E-state index in [9.17, 15) is 18.0 Å². The van der Waals surface area contributed by atoms with Gasteiger partial charge in [0.25, 0.3) is 0 Å². The first-order valence-corrected chi connectivity index (χ1v) is 9.98. The SMILES string of the molecule is CCNC(=O)CN1CCN(S(=O)(=O)c2cc(C(=O)OC)ccc2Cl)CC1. The summed E-state index contributed by atoms with van der Waals surface area (Å²) in [7, 11) is -2.63. The van der Waals surface area contributed by atoms with E-state index < -0.39 is 16.0 Å². The predicted octanol–water partition coefficient (Wildman–Crippen LogP) is 0.569. The van der Waals surface area contributed by atoms with E-state index in [1.807, 2.05) is 11.8 Å². The van der Waals surface area contributed by atoms with Crippen LogP contribution in [0, 0.1) is 0 Å². The molecule has 1 N–H and O–H groups in total. The Hall–Kier alpha value is -1.68. The van der Waals surface area contributed by atoms with Crippen LogP contribution in [0.2, 0.25) is 5.02 Å². The van der Waals surface area contributed by atoms with E-state index in [0.29, 0.717) is 19.6 Å². The average Bonchev–Trinajstić information content (AvgIpc) is 2.62. The predicted molar refractivity (Wildman–Crippen MR) is 96.7 cm³/mol. The van der Waals surface area contributed by atoms with E-state index in [4.69, 9.17) is 11.6 Å². The highest BCUT2D eigenvalue weighted by Gasteiger charge is 2.31. The fourth-order valence-electron chi connectivity index (χ4n) is 2.67. The molecule has 144 valence electrons. The lowest BCUT2D eigenvalue weighted by Gasteiger charge is -2.33. The zero-order valence-corrected chi connectivity index (χ0v) is 16.3. The summed E-state index contributed by atoms with van der Waals surface area (Å²) in [5, 5.41) is 2.76. The van der Waals surface area contributed by atoms with Crippen LogP contribution in [0.5, 0.6) is 0 Å². The van der Waals surface area contributed by atoms with Crippen molar-refractivity contribution >= 4 is 33.5 Å². The first-order chi connectivity index (χ1) is 12.3. The summed E-state index contributed by atoms with van der Waals surface area (Å²) in [5.74, 6) is -0.720. The van der Waals surface area contributed by atoms with Gasteiger partial charge in [-0.3, -0.25) is 9.69 Å². The van der Waals surface area contributed by atoms with Gasteiger partial charge < -0.3 is 10.1 Å². The molecule has 1 aromatic rings. The Morgan fingerprint density at radius 1 is 1.23 bits per heavy atom. The molecule has 0 unspecified atom stereocenters. The van der Waals surface area contributed by atoms with Gasteiger partial charge >= 0.3 is 5.97 Å². The van der Waals surface area contributed by atoms with E-state index in [1.165, 1.54) is 29.6 Å². The van der Waals surface area contributed by atoms with Gasteiger partial charge in [-0.25, -0.2) is 13.2 Å². The Bertz CT molecular complexity index is 776. The summed E-state index contributed by atoms with van der Waals surface area (Å²) in [4.78, 5) is 25.1. The molecular formula is C16H22ClN3O5S. The highest BCUT2D eigenvalue weighted by atomic mass is 35.5. The van der Waals surface area contributed by atoms with Crippen LogP contribution in [-0.2, 0) is 19.6 Å². The zero-order valence-electron chi connectivity index (χ0n) is 14.7. The number of amides is 1. The Morgan fingerprint density at radius 3 is 2.46 bits per heavy atom. The van der Waals surface area contributed by atoms with Crippen molar-refractivity contribution < 1.29 is 22.7 Å². The number of halogens is 1. The van der Waals surface area contributed by atoms with Crippen LogP contribution in [0.4, 0.5) is 0 Å². The number of benzene rings is 1. The molecule has 1 fully saturated rings. The molecular weight excluding hydrogens is 382 g/mol. The first kappa shape index (κ1) is 20.6. The largest absolute Gasteiger partial charge is 0.465 e. The molecule has 1 heterocycles. The quantitative estimate of drug-likeness (QED) is 0.697. The smallest absolute Gasteiger partial charge is 0.337 e. The summed E-state index contributed by atoms with van der Waals surface area (Å²) in [5.41, 5.74) is 0.116. The number of nitrogens with one attached hydrogen (secondary N) is 1. The van der Waals surface area contributed by atoms with Crippen molar-refractivity contribution in [2.75, 3.05) is 46.4 Å². The molecule has 0 aromatic heterocycles. The number of carbonyl (C=O) groups is 2. The maximum Gasteiger partial charge on any atom is 0.337 e. The lowest BCUT2D eigenvalue weighted by atomic mass is 10.2. The van der Waals surface area contributed by atoms with Gasteiger partial charge in [-0.05, 0) is 25.1 Å². The number of hydrogen-bond acceptors (Lipinski definition) is 6. The molecule has 1 aromatic carbocycles. The Morgan fingerprint density at radius 2 is 1.88 bits per heavy atom. The van der Waals surface area contributed by atoms with Crippen molar-refractivity contribution in [2.24, 2.45) is 0 Å². The molecule has 1 saturated heterocycles. The lowest BCUT2D eigenvalue weighted by molar-refractivity contribution is -0.122. The second-order valence-electron chi connectivity index (χ2n) is 5.77. The summed E-state index contributed by atoms with van der Waals surface area (Å²) in [6, 6.07) is 4.01. The highest BCUT2D eigenvalue weighted by molar-refractivity contribution is 7.89. The molecule has 0 aliphatic carbocycles. The minimum atomic E-state index is -3.85. The maximum atomic E-state index is 12.9. The number of sulfonamides is 1. The van der Waals surface area contributed by atoms with Gasteiger partial charge in [-0.2, -0.15) is 4.31 Å². The summed E-state index contributed by atoms with van der Waals surface area (Å²) in [6.45, 7) is 3.98. The van der Waals surface area contributed by atoms with Crippen LogP contribution in [-0.4, -0.2) is 75.9 Å². The minimum absolute atomic E-state index is 0.0439. The highest BCUT2D eigenvalue weighted by Crippen LogP contribution is 2.27. The molecule has 0 radical (unpaired) electrons. The monoisotopic (exact) mass is 403 g/mol. The summed E-state index contributed by atoms with van der Waals surface area (Å²) in [6.07, 6.45) is 0.